The van der Waals surface area contributed by atoms with Gasteiger partial charge >= 0.3 is 0 Å². The molecule has 9 heteroatoms. The summed E-state index contributed by atoms with van der Waals surface area (Å²) in [6.07, 6.45) is 4.11. The van der Waals surface area contributed by atoms with Crippen LogP contribution in [-0.4, -0.2) is 80.6 Å². The van der Waals surface area contributed by atoms with E-state index in [2.05, 4.69) is 24.9 Å². The van der Waals surface area contributed by atoms with E-state index in [1.165, 1.54) is 4.90 Å². The van der Waals surface area contributed by atoms with Gasteiger partial charge in [-0.1, -0.05) is 0 Å². The van der Waals surface area contributed by atoms with E-state index in [0.29, 0.717) is 19.4 Å². The van der Waals surface area contributed by atoms with Crippen molar-refractivity contribution >= 4 is 28.7 Å². The summed E-state index contributed by atoms with van der Waals surface area (Å²) in [6.45, 7) is 4.69. The van der Waals surface area contributed by atoms with Crippen LogP contribution in [0, 0.1) is 0 Å². The van der Waals surface area contributed by atoms with Crippen molar-refractivity contribution in [1.82, 2.24) is 29.5 Å². The Hall–Kier alpha value is -2.55. The van der Waals surface area contributed by atoms with Crippen LogP contribution in [0.25, 0.3) is 11.0 Å². The third-order valence-electron chi connectivity index (χ3n) is 4.97. The Morgan fingerprint density at radius 2 is 1.72 bits per heavy atom. The van der Waals surface area contributed by atoms with Gasteiger partial charge in [0, 0.05) is 59.2 Å². The third-order valence-corrected chi connectivity index (χ3v) is 4.97. The summed E-state index contributed by atoms with van der Waals surface area (Å²) in [5, 5.41) is 5.23. The molecule has 4 rings (SSSR count). The predicted octanol–water partition coefficient (Wildman–Crippen LogP) is -0.366. The van der Waals surface area contributed by atoms with Crippen molar-refractivity contribution < 1.29 is 9.59 Å². The van der Waals surface area contributed by atoms with Crippen molar-refractivity contribution in [3.63, 3.8) is 0 Å². The molecule has 4 heterocycles. The highest BCUT2D eigenvalue weighted by Gasteiger charge is 2.29. The second kappa shape index (κ2) is 6.40. The Morgan fingerprint density at radius 1 is 1.00 bits per heavy atom. The highest BCUT2D eigenvalue weighted by atomic mass is 16.2. The Balaban J connectivity index is 1.36. The standard InChI is InChI=1S/C16H21N7O2/c1-20-15-12(10-19-20)16(18-11-17-15)22-7-4-21(5-8-22)6-9-23-13(24)2-3-14(23)25/h10-11H,2-9H2,1H3. The largest absolute Gasteiger partial charge is 0.353 e. The maximum Gasteiger partial charge on any atom is 0.229 e. The van der Waals surface area contributed by atoms with Gasteiger partial charge in [0.15, 0.2) is 5.65 Å². The molecule has 2 aliphatic heterocycles. The minimum Gasteiger partial charge on any atom is -0.353 e. The van der Waals surface area contributed by atoms with Gasteiger partial charge < -0.3 is 4.90 Å². The molecule has 0 radical (unpaired) electrons. The van der Waals surface area contributed by atoms with E-state index in [4.69, 9.17) is 0 Å². The zero-order valence-corrected chi connectivity index (χ0v) is 14.3. The van der Waals surface area contributed by atoms with Crippen LogP contribution in [0.2, 0.25) is 0 Å². The van der Waals surface area contributed by atoms with Gasteiger partial charge in [-0.15, -0.1) is 0 Å². The minimum absolute atomic E-state index is 0.0383. The van der Waals surface area contributed by atoms with Crippen LogP contribution in [0.15, 0.2) is 12.5 Å². The van der Waals surface area contributed by atoms with Gasteiger partial charge in [0.25, 0.3) is 0 Å². The summed E-state index contributed by atoms with van der Waals surface area (Å²) in [4.78, 5) is 38.0. The molecule has 2 fully saturated rings. The van der Waals surface area contributed by atoms with Crippen LogP contribution >= 0.6 is 0 Å². The molecule has 0 saturated carbocycles. The Labute approximate surface area is 145 Å². The van der Waals surface area contributed by atoms with Crippen molar-refractivity contribution in [3.8, 4) is 0 Å². The Bertz CT molecular complexity index is 794. The Morgan fingerprint density at radius 3 is 2.44 bits per heavy atom. The third kappa shape index (κ3) is 2.95. The predicted molar refractivity (Wildman–Crippen MR) is 90.9 cm³/mol. The van der Waals surface area contributed by atoms with Crippen molar-refractivity contribution in [3.05, 3.63) is 12.5 Å². The van der Waals surface area contributed by atoms with Gasteiger partial charge in [0.2, 0.25) is 11.8 Å². The molecule has 9 nitrogen and oxygen atoms in total. The highest BCUT2D eigenvalue weighted by Crippen LogP contribution is 2.23. The first-order valence-corrected chi connectivity index (χ1v) is 8.56. The number of aromatic nitrogens is 4. The van der Waals surface area contributed by atoms with Crippen LogP contribution in [0.3, 0.4) is 0 Å². The number of piperazine rings is 1. The molecule has 0 bridgehead atoms. The topological polar surface area (TPSA) is 87.5 Å². The number of hydrogen-bond donors (Lipinski definition) is 0. The minimum atomic E-state index is -0.0383. The zero-order chi connectivity index (χ0) is 17.4. The molecule has 2 saturated heterocycles. The fourth-order valence-electron chi connectivity index (χ4n) is 3.50. The summed E-state index contributed by atoms with van der Waals surface area (Å²) in [7, 11) is 1.87. The quantitative estimate of drug-likeness (QED) is 0.700. The lowest BCUT2D eigenvalue weighted by atomic mass is 10.2. The van der Waals surface area contributed by atoms with Gasteiger partial charge in [0.1, 0.15) is 12.1 Å². The van der Waals surface area contributed by atoms with Gasteiger partial charge in [-0.25, -0.2) is 9.97 Å². The van der Waals surface area contributed by atoms with E-state index in [-0.39, 0.29) is 11.8 Å². The van der Waals surface area contributed by atoms with E-state index in [0.717, 1.165) is 49.6 Å². The molecule has 2 aliphatic rings. The molecule has 132 valence electrons. The summed E-state index contributed by atoms with van der Waals surface area (Å²) in [5.41, 5.74) is 0.832. The molecule has 0 aliphatic carbocycles. The van der Waals surface area contributed by atoms with Gasteiger partial charge in [0.05, 0.1) is 11.6 Å². The maximum atomic E-state index is 11.7. The first-order chi connectivity index (χ1) is 12.1. The smallest absolute Gasteiger partial charge is 0.229 e. The number of aryl methyl sites for hydroxylation is 1. The zero-order valence-electron chi connectivity index (χ0n) is 14.3. The van der Waals surface area contributed by atoms with Crippen LogP contribution in [0.4, 0.5) is 5.82 Å². The average molecular weight is 343 g/mol. The monoisotopic (exact) mass is 343 g/mol. The first-order valence-electron chi connectivity index (χ1n) is 8.56. The SMILES string of the molecule is Cn1ncc2c(N3CCN(CCN4C(=O)CCC4=O)CC3)ncnc21. The van der Waals surface area contributed by atoms with E-state index in [9.17, 15) is 9.59 Å². The number of likely N-dealkylation sites (tertiary alicyclic amines) is 1. The normalized spacial score (nSPS) is 19.4. The maximum absolute atomic E-state index is 11.7. The number of anilines is 1. The van der Waals surface area contributed by atoms with E-state index >= 15 is 0 Å². The number of carbonyl (C=O) groups is 2. The fourth-order valence-corrected chi connectivity index (χ4v) is 3.50. The number of rotatable bonds is 4. The number of fused-ring (bicyclic) bond motifs is 1. The molecule has 0 aromatic carbocycles. The summed E-state index contributed by atoms with van der Waals surface area (Å²) in [6, 6.07) is 0. The lowest BCUT2D eigenvalue weighted by Gasteiger charge is -2.36. The fraction of sp³-hybridized carbons (Fsp3) is 0.562. The molecule has 0 atom stereocenters. The number of carbonyl (C=O) groups excluding carboxylic acids is 2. The van der Waals surface area contributed by atoms with Crippen LogP contribution in [0.1, 0.15) is 12.8 Å². The lowest BCUT2D eigenvalue weighted by Crippen LogP contribution is -2.49. The molecule has 25 heavy (non-hydrogen) atoms. The van der Waals surface area contributed by atoms with Crippen LogP contribution < -0.4 is 4.90 Å². The van der Waals surface area contributed by atoms with Crippen molar-refractivity contribution in [2.75, 3.05) is 44.2 Å². The molecular weight excluding hydrogens is 322 g/mol. The van der Waals surface area contributed by atoms with E-state index in [1.54, 1.807) is 11.0 Å². The number of hydrogen-bond acceptors (Lipinski definition) is 7. The summed E-state index contributed by atoms with van der Waals surface area (Å²) in [5.74, 6) is 0.842. The van der Waals surface area contributed by atoms with Crippen molar-refractivity contribution in [2.24, 2.45) is 7.05 Å². The Kier molecular flexibility index (Phi) is 4.08. The summed E-state index contributed by atoms with van der Waals surface area (Å²) < 4.78 is 1.75. The average Bonchev–Trinajstić information content (AvgIpc) is 3.16. The molecular formula is C16H21N7O2. The molecule has 0 N–H and O–H groups in total. The number of amides is 2. The highest BCUT2D eigenvalue weighted by molar-refractivity contribution is 6.01. The molecule has 2 aromatic heterocycles. The number of imide groups is 1. The molecule has 2 aromatic rings. The van der Waals surface area contributed by atoms with Crippen molar-refractivity contribution in [1.29, 1.82) is 0 Å². The second-order valence-electron chi connectivity index (χ2n) is 6.47. The van der Waals surface area contributed by atoms with Gasteiger partial charge in [-0.05, 0) is 0 Å². The van der Waals surface area contributed by atoms with Gasteiger partial charge in [-0.2, -0.15) is 5.10 Å². The van der Waals surface area contributed by atoms with Crippen molar-refractivity contribution in [2.45, 2.75) is 12.8 Å². The van der Waals surface area contributed by atoms with Crippen LogP contribution in [0.5, 0.6) is 0 Å². The lowest BCUT2D eigenvalue weighted by molar-refractivity contribution is -0.138. The molecule has 0 spiro atoms. The molecule has 2 amide bonds. The van der Waals surface area contributed by atoms with E-state index < -0.39 is 0 Å². The molecule has 0 unspecified atom stereocenters. The number of nitrogens with zero attached hydrogens (tertiary/aromatic N) is 7. The first kappa shape index (κ1) is 15.9. The summed E-state index contributed by atoms with van der Waals surface area (Å²) >= 11 is 0. The van der Waals surface area contributed by atoms with Gasteiger partial charge in [-0.3, -0.25) is 24.1 Å². The van der Waals surface area contributed by atoms with Crippen LogP contribution in [-0.2, 0) is 16.6 Å². The second-order valence-corrected chi connectivity index (χ2v) is 6.47. The van der Waals surface area contributed by atoms with E-state index in [1.807, 2.05) is 13.2 Å².